The van der Waals surface area contributed by atoms with E-state index in [9.17, 15) is 0 Å². The van der Waals surface area contributed by atoms with E-state index in [1.165, 1.54) is 0 Å². The van der Waals surface area contributed by atoms with Gasteiger partial charge in [0.25, 0.3) is 0 Å². The van der Waals surface area contributed by atoms with Crippen LogP contribution in [0.1, 0.15) is 13.8 Å². The monoisotopic (exact) mass is 200 g/mol. The number of halogens is 1. The number of rotatable bonds is 3. The van der Waals surface area contributed by atoms with Crippen molar-refractivity contribution >= 4 is 23.1 Å². The molecule has 0 spiro atoms. The van der Waals surface area contributed by atoms with E-state index in [2.05, 4.69) is 15.7 Å². The molecular formula is C8H13ClN4. The Bertz CT molecular complexity index is 287. The predicted octanol–water partition coefficient (Wildman–Crippen LogP) is 1.84. The molecule has 1 heterocycles. The first-order chi connectivity index (χ1) is 6.15. The molecule has 0 saturated carbocycles. The standard InChI is InChI=1S/C8H13ClN4/c1-5(2)12-8-7(13-10)6(9)3-4-11-8/h3-5,13H,10H2,1-2H3,(H,11,12). The van der Waals surface area contributed by atoms with Crippen molar-refractivity contribution in [1.29, 1.82) is 0 Å². The first-order valence-corrected chi connectivity index (χ1v) is 4.40. The molecule has 5 heteroatoms. The molecule has 72 valence electrons. The van der Waals surface area contributed by atoms with E-state index in [1.807, 2.05) is 13.8 Å². The highest BCUT2D eigenvalue weighted by atomic mass is 35.5. The number of nitrogens with one attached hydrogen (secondary N) is 2. The number of anilines is 2. The zero-order valence-corrected chi connectivity index (χ0v) is 8.39. The molecule has 0 bridgehead atoms. The van der Waals surface area contributed by atoms with Crippen molar-refractivity contribution in [3.8, 4) is 0 Å². The number of hydrazine groups is 1. The van der Waals surface area contributed by atoms with Crippen molar-refractivity contribution < 1.29 is 0 Å². The maximum atomic E-state index is 5.89. The van der Waals surface area contributed by atoms with Gasteiger partial charge in [-0.05, 0) is 19.9 Å². The van der Waals surface area contributed by atoms with Crippen molar-refractivity contribution in [3.05, 3.63) is 17.3 Å². The van der Waals surface area contributed by atoms with Gasteiger partial charge in [0.2, 0.25) is 0 Å². The van der Waals surface area contributed by atoms with Gasteiger partial charge in [-0.2, -0.15) is 0 Å². The number of nitrogen functional groups attached to an aromatic ring is 1. The van der Waals surface area contributed by atoms with E-state index in [1.54, 1.807) is 12.3 Å². The van der Waals surface area contributed by atoms with Gasteiger partial charge in [-0.25, -0.2) is 4.98 Å². The average molecular weight is 201 g/mol. The fourth-order valence-electron chi connectivity index (χ4n) is 0.958. The molecule has 0 unspecified atom stereocenters. The van der Waals surface area contributed by atoms with Crippen LogP contribution in [0.5, 0.6) is 0 Å². The summed E-state index contributed by atoms with van der Waals surface area (Å²) in [5, 5.41) is 3.68. The maximum absolute atomic E-state index is 5.89. The maximum Gasteiger partial charge on any atom is 0.152 e. The minimum atomic E-state index is 0.290. The van der Waals surface area contributed by atoms with Gasteiger partial charge in [0.05, 0.1) is 5.02 Å². The fraction of sp³-hybridized carbons (Fsp3) is 0.375. The van der Waals surface area contributed by atoms with Crippen molar-refractivity contribution in [2.75, 3.05) is 10.7 Å². The third kappa shape index (κ3) is 2.47. The summed E-state index contributed by atoms with van der Waals surface area (Å²) >= 11 is 5.89. The van der Waals surface area contributed by atoms with Crippen molar-refractivity contribution in [1.82, 2.24) is 4.98 Å². The molecule has 0 fully saturated rings. The molecule has 1 aromatic rings. The zero-order valence-electron chi connectivity index (χ0n) is 7.63. The molecule has 0 aromatic carbocycles. The minimum Gasteiger partial charge on any atom is -0.366 e. The fourth-order valence-corrected chi connectivity index (χ4v) is 1.16. The summed E-state index contributed by atoms with van der Waals surface area (Å²) in [7, 11) is 0. The highest BCUT2D eigenvalue weighted by Gasteiger charge is 2.07. The molecular weight excluding hydrogens is 188 g/mol. The lowest BCUT2D eigenvalue weighted by atomic mass is 10.3. The zero-order chi connectivity index (χ0) is 9.84. The number of nitrogens with two attached hydrogens (primary N) is 1. The lowest BCUT2D eigenvalue weighted by Gasteiger charge is -2.13. The van der Waals surface area contributed by atoms with Gasteiger partial charge >= 0.3 is 0 Å². The molecule has 1 aromatic heterocycles. The first kappa shape index (κ1) is 10.1. The lowest BCUT2D eigenvalue weighted by Crippen LogP contribution is -2.16. The number of hydrogen-bond acceptors (Lipinski definition) is 4. The first-order valence-electron chi connectivity index (χ1n) is 4.02. The van der Waals surface area contributed by atoms with Crippen LogP contribution < -0.4 is 16.6 Å². The second kappa shape index (κ2) is 4.30. The molecule has 0 amide bonds. The van der Waals surface area contributed by atoms with Gasteiger partial charge in [-0.3, -0.25) is 5.84 Å². The van der Waals surface area contributed by atoms with Crippen LogP contribution >= 0.6 is 11.6 Å². The third-order valence-corrected chi connectivity index (χ3v) is 1.78. The number of hydrogen-bond donors (Lipinski definition) is 3. The molecule has 0 aliphatic rings. The molecule has 13 heavy (non-hydrogen) atoms. The number of nitrogens with zero attached hydrogens (tertiary/aromatic N) is 1. The van der Waals surface area contributed by atoms with E-state index in [0.717, 1.165) is 0 Å². The Balaban J connectivity index is 2.98. The molecule has 4 N–H and O–H groups in total. The largest absolute Gasteiger partial charge is 0.366 e. The Morgan fingerprint density at radius 2 is 2.23 bits per heavy atom. The predicted molar refractivity (Wildman–Crippen MR) is 55.8 cm³/mol. The highest BCUT2D eigenvalue weighted by Crippen LogP contribution is 2.27. The van der Waals surface area contributed by atoms with Crippen LogP contribution in [0.25, 0.3) is 0 Å². The van der Waals surface area contributed by atoms with Crippen LogP contribution in [0.4, 0.5) is 11.5 Å². The van der Waals surface area contributed by atoms with E-state index in [-0.39, 0.29) is 6.04 Å². The molecule has 0 saturated heterocycles. The summed E-state index contributed by atoms with van der Waals surface area (Å²) < 4.78 is 0. The summed E-state index contributed by atoms with van der Waals surface area (Å²) in [5.74, 6) is 5.98. The van der Waals surface area contributed by atoms with Gasteiger partial charge in [0.15, 0.2) is 5.82 Å². The molecule has 4 nitrogen and oxygen atoms in total. The minimum absolute atomic E-state index is 0.290. The quantitative estimate of drug-likeness (QED) is 0.515. The van der Waals surface area contributed by atoms with E-state index < -0.39 is 0 Å². The Kier molecular flexibility index (Phi) is 3.33. The van der Waals surface area contributed by atoms with E-state index in [0.29, 0.717) is 16.5 Å². The molecule has 0 radical (unpaired) electrons. The number of aromatic nitrogens is 1. The molecule has 0 aliphatic heterocycles. The second-order valence-electron chi connectivity index (χ2n) is 2.96. The van der Waals surface area contributed by atoms with Crippen molar-refractivity contribution in [2.45, 2.75) is 19.9 Å². The molecule has 1 rings (SSSR count). The Morgan fingerprint density at radius 3 is 2.77 bits per heavy atom. The van der Waals surface area contributed by atoms with Crippen LogP contribution in [-0.4, -0.2) is 11.0 Å². The van der Waals surface area contributed by atoms with Crippen LogP contribution in [0, 0.1) is 0 Å². The second-order valence-corrected chi connectivity index (χ2v) is 3.37. The summed E-state index contributed by atoms with van der Waals surface area (Å²) in [5.41, 5.74) is 3.14. The van der Waals surface area contributed by atoms with Crippen LogP contribution in [0.2, 0.25) is 5.02 Å². The van der Waals surface area contributed by atoms with Gasteiger partial charge in [-0.1, -0.05) is 11.6 Å². The SMILES string of the molecule is CC(C)Nc1nccc(Cl)c1NN. The van der Waals surface area contributed by atoms with Gasteiger partial charge in [0.1, 0.15) is 5.69 Å². The summed E-state index contributed by atoms with van der Waals surface area (Å²) in [6, 6.07) is 1.97. The highest BCUT2D eigenvalue weighted by molar-refractivity contribution is 6.33. The van der Waals surface area contributed by atoms with Gasteiger partial charge < -0.3 is 10.7 Å². The molecule has 0 atom stereocenters. The van der Waals surface area contributed by atoms with E-state index >= 15 is 0 Å². The average Bonchev–Trinajstić information content (AvgIpc) is 2.03. The molecule has 0 aliphatic carbocycles. The summed E-state index contributed by atoms with van der Waals surface area (Å²) in [6.07, 6.45) is 1.63. The van der Waals surface area contributed by atoms with Gasteiger partial charge in [0, 0.05) is 12.2 Å². The Labute approximate surface area is 82.5 Å². The van der Waals surface area contributed by atoms with Crippen LogP contribution in [0.15, 0.2) is 12.3 Å². The van der Waals surface area contributed by atoms with Crippen molar-refractivity contribution in [3.63, 3.8) is 0 Å². The topological polar surface area (TPSA) is 63.0 Å². The van der Waals surface area contributed by atoms with Crippen LogP contribution in [0.3, 0.4) is 0 Å². The lowest BCUT2D eigenvalue weighted by molar-refractivity contribution is 0.889. The van der Waals surface area contributed by atoms with Gasteiger partial charge in [-0.15, -0.1) is 0 Å². The Morgan fingerprint density at radius 1 is 1.54 bits per heavy atom. The van der Waals surface area contributed by atoms with Crippen molar-refractivity contribution in [2.24, 2.45) is 5.84 Å². The van der Waals surface area contributed by atoms with Crippen LogP contribution in [-0.2, 0) is 0 Å². The number of pyridine rings is 1. The summed E-state index contributed by atoms with van der Waals surface area (Å²) in [6.45, 7) is 4.03. The third-order valence-electron chi connectivity index (χ3n) is 1.47. The summed E-state index contributed by atoms with van der Waals surface area (Å²) in [4.78, 5) is 4.11. The smallest absolute Gasteiger partial charge is 0.152 e. The van der Waals surface area contributed by atoms with E-state index in [4.69, 9.17) is 17.4 Å². The Hall–Kier alpha value is -1.00. The normalized spacial score (nSPS) is 10.2.